The molecular weight excluding hydrogens is 332 g/mol. The third kappa shape index (κ3) is 4.63. The molecule has 0 aliphatic rings. The standard InChI is InChI=1S/C16H16N2O5S/c1-3-22-16(19)15(10-13-11-17-8-9-18-13)23-24(20,21)14-6-4-12(2)5-7-14/h4-11H,3H2,1-2H3/b15-10-. The van der Waals surface area contributed by atoms with Gasteiger partial charge in [0.2, 0.25) is 5.76 Å². The maximum Gasteiger partial charge on any atom is 0.375 e. The van der Waals surface area contributed by atoms with Crippen LogP contribution in [0.3, 0.4) is 0 Å². The van der Waals surface area contributed by atoms with Crippen molar-refractivity contribution in [3.05, 3.63) is 59.9 Å². The van der Waals surface area contributed by atoms with Gasteiger partial charge >= 0.3 is 16.1 Å². The van der Waals surface area contributed by atoms with E-state index < -0.39 is 21.8 Å². The van der Waals surface area contributed by atoms with Gasteiger partial charge < -0.3 is 8.92 Å². The minimum atomic E-state index is -4.18. The number of hydrogen-bond donors (Lipinski definition) is 0. The molecule has 1 heterocycles. The highest BCUT2D eigenvalue weighted by molar-refractivity contribution is 7.86. The molecule has 24 heavy (non-hydrogen) atoms. The van der Waals surface area contributed by atoms with Crippen molar-refractivity contribution in [3.8, 4) is 0 Å². The van der Waals surface area contributed by atoms with Gasteiger partial charge in [-0.05, 0) is 26.0 Å². The van der Waals surface area contributed by atoms with Crippen LogP contribution in [-0.2, 0) is 23.8 Å². The van der Waals surface area contributed by atoms with Crippen molar-refractivity contribution in [3.63, 3.8) is 0 Å². The van der Waals surface area contributed by atoms with Crippen molar-refractivity contribution in [2.24, 2.45) is 0 Å². The number of carbonyl (C=O) groups is 1. The van der Waals surface area contributed by atoms with Crippen molar-refractivity contribution in [1.29, 1.82) is 0 Å². The second-order valence-corrected chi connectivity index (χ2v) is 6.26. The first-order valence-corrected chi connectivity index (χ1v) is 8.49. The van der Waals surface area contributed by atoms with Crippen LogP contribution in [0.4, 0.5) is 0 Å². The monoisotopic (exact) mass is 348 g/mol. The molecule has 0 spiro atoms. The summed E-state index contributed by atoms with van der Waals surface area (Å²) in [5.41, 5.74) is 1.16. The molecule has 0 aliphatic heterocycles. The third-order valence-corrected chi connectivity index (χ3v) is 4.10. The summed E-state index contributed by atoms with van der Waals surface area (Å²) in [4.78, 5) is 19.7. The van der Waals surface area contributed by atoms with Crippen LogP contribution >= 0.6 is 0 Å². The van der Waals surface area contributed by atoms with E-state index in [1.807, 2.05) is 6.92 Å². The topological polar surface area (TPSA) is 95.4 Å². The number of rotatable bonds is 6. The molecule has 0 aliphatic carbocycles. The Kier molecular flexibility index (Phi) is 5.64. The summed E-state index contributed by atoms with van der Waals surface area (Å²) in [6.45, 7) is 3.51. The van der Waals surface area contributed by atoms with E-state index in [1.54, 1.807) is 19.1 Å². The number of esters is 1. The summed E-state index contributed by atoms with van der Waals surface area (Å²) >= 11 is 0. The Morgan fingerprint density at radius 2 is 1.92 bits per heavy atom. The van der Waals surface area contributed by atoms with Crippen LogP contribution in [0, 0.1) is 6.92 Å². The molecule has 1 aromatic heterocycles. The predicted molar refractivity (Wildman–Crippen MR) is 86.1 cm³/mol. The average molecular weight is 348 g/mol. The molecular formula is C16H16N2O5S. The number of hydrogen-bond acceptors (Lipinski definition) is 7. The van der Waals surface area contributed by atoms with Crippen LogP contribution in [0.15, 0.2) is 53.5 Å². The molecule has 0 bridgehead atoms. The minimum Gasteiger partial charge on any atom is -0.460 e. The van der Waals surface area contributed by atoms with Crippen molar-refractivity contribution in [2.75, 3.05) is 6.61 Å². The number of aromatic nitrogens is 2. The number of benzene rings is 1. The van der Waals surface area contributed by atoms with Gasteiger partial charge in [0, 0.05) is 18.5 Å². The third-order valence-electron chi connectivity index (χ3n) is 2.85. The van der Waals surface area contributed by atoms with E-state index in [2.05, 4.69) is 9.97 Å². The second kappa shape index (κ2) is 7.69. The lowest BCUT2D eigenvalue weighted by Crippen LogP contribution is -2.15. The van der Waals surface area contributed by atoms with Crippen LogP contribution < -0.4 is 0 Å². The molecule has 8 heteroatoms. The Morgan fingerprint density at radius 3 is 2.50 bits per heavy atom. The summed E-state index contributed by atoms with van der Waals surface area (Å²) in [6.07, 6.45) is 5.38. The van der Waals surface area contributed by atoms with Gasteiger partial charge in [-0.15, -0.1) is 0 Å². The molecule has 0 amide bonds. The Morgan fingerprint density at radius 1 is 1.21 bits per heavy atom. The van der Waals surface area contributed by atoms with E-state index in [0.717, 1.165) is 11.6 Å². The Labute approximate surface area is 140 Å². The Balaban J connectivity index is 2.36. The lowest BCUT2D eigenvalue weighted by molar-refractivity contribution is -0.140. The van der Waals surface area contributed by atoms with Crippen LogP contribution in [0.2, 0.25) is 0 Å². The SMILES string of the molecule is CCOC(=O)/C(=C/c1cnccn1)OS(=O)(=O)c1ccc(C)cc1. The highest BCUT2D eigenvalue weighted by atomic mass is 32.2. The van der Waals surface area contributed by atoms with Crippen molar-refractivity contribution in [1.82, 2.24) is 9.97 Å². The zero-order valence-corrected chi connectivity index (χ0v) is 14.0. The highest BCUT2D eigenvalue weighted by Crippen LogP contribution is 2.18. The fourth-order valence-corrected chi connectivity index (χ4v) is 2.63. The van der Waals surface area contributed by atoms with E-state index in [9.17, 15) is 13.2 Å². The summed E-state index contributed by atoms with van der Waals surface area (Å²) in [6, 6.07) is 6.06. The molecule has 2 rings (SSSR count). The van der Waals surface area contributed by atoms with Gasteiger partial charge in [-0.25, -0.2) is 4.79 Å². The smallest absolute Gasteiger partial charge is 0.375 e. The summed E-state index contributed by atoms with van der Waals surface area (Å²) in [5.74, 6) is -1.39. The van der Waals surface area contributed by atoms with E-state index in [0.29, 0.717) is 0 Å². The van der Waals surface area contributed by atoms with Gasteiger partial charge in [-0.2, -0.15) is 8.42 Å². The second-order valence-electron chi connectivity index (χ2n) is 4.71. The quantitative estimate of drug-likeness (QED) is 0.341. The molecule has 0 atom stereocenters. The first-order valence-electron chi connectivity index (χ1n) is 7.08. The van der Waals surface area contributed by atoms with E-state index >= 15 is 0 Å². The normalized spacial score (nSPS) is 11.8. The van der Waals surface area contributed by atoms with Crippen LogP contribution in [-0.4, -0.2) is 31.0 Å². The van der Waals surface area contributed by atoms with Gasteiger partial charge in [0.1, 0.15) is 4.90 Å². The lowest BCUT2D eigenvalue weighted by Gasteiger charge is -2.10. The minimum absolute atomic E-state index is 0.0672. The molecule has 0 saturated heterocycles. The van der Waals surface area contributed by atoms with Gasteiger partial charge in [-0.3, -0.25) is 9.97 Å². The van der Waals surface area contributed by atoms with Crippen molar-refractivity contribution >= 4 is 22.2 Å². The first-order chi connectivity index (χ1) is 11.4. The largest absolute Gasteiger partial charge is 0.460 e. The number of aryl methyl sites for hydroxylation is 1. The number of nitrogens with zero attached hydrogens (tertiary/aromatic N) is 2. The van der Waals surface area contributed by atoms with E-state index in [4.69, 9.17) is 8.92 Å². The van der Waals surface area contributed by atoms with Crippen molar-refractivity contribution < 1.29 is 22.1 Å². The molecule has 7 nitrogen and oxygen atoms in total. The Hall–Kier alpha value is -2.74. The zero-order valence-electron chi connectivity index (χ0n) is 13.2. The fourth-order valence-electron chi connectivity index (χ4n) is 1.71. The highest BCUT2D eigenvalue weighted by Gasteiger charge is 2.23. The van der Waals surface area contributed by atoms with Crippen LogP contribution in [0.5, 0.6) is 0 Å². The number of carbonyl (C=O) groups excluding carboxylic acids is 1. The molecule has 0 radical (unpaired) electrons. The van der Waals surface area contributed by atoms with Gasteiger partial charge in [0.25, 0.3) is 0 Å². The van der Waals surface area contributed by atoms with Crippen molar-refractivity contribution in [2.45, 2.75) is 18.7 Å². The van der Waals surface area contributed by atoms with Crippen LogP contribution in [0.1, 0.15) is 18.2 Å². The van der Waals surface area contributed by atoms with Gasteiger partial charge in [-0.1, -0.05) is 17.7 Å². The Bertz CT molecular complexity index is 831. The fraction of sp³-hybridized carbons (Fsp3) is 0.188. The maximum atomic E-state index is 12.3. The number of ether oxygens (including phenoxy) is 1. The molecule has 2 aromatic rings. The first kappa shape index (κ1) is 17.6. The molecule has 126 valence electrons. The summed E-state index contributed by atoms with van der Waals surface area (Å²) in [7, 11) is -4.18. The van der Waals surface area contributed by atoms with E-state index in [1.165, 1.54) is 30.7 Å². The molecule has 0 unspecified atom stereocenters. The van der Waals surface area contributed by atoms with Gasteiger partial charge in [0.05, 0.1) is 18.5 Å². The van der Waals surface area contributed by atoms with Gasteiger partial charge in [0.15, 0.2) is 0 Å². The van der Waals surface area contributed by atoms with E-state index in [-0.39, 0.29) is 17.2 Å². The summed E-state index contributed by atoms with van der Waals surface area (Å²) in [5, 5.41) is 0. The predicted octanol–water partition coefficient (Wildman–Crippen LogP) is 2.09. The average Bonchev–Trinajstić information content (AvgIpc) is 2.55. The summed E-state index contributed by atoms with van der Waals surface area (Å²) < 4.78 is 34.5. The zero-order chi connectivity index (χ0) is 17.6. The van der Waals surface area contributed by atoms with Crippen LogP contribution in [0.25, 0.3) is 6.08 Å². The lowest BCUT2D eigenvalue weighted by atomic mass is 10.2. The molecule has 0 fully saturated rings. The molecule has 0 saturated carbocycles. The maximum absolute atomic E-state index is 12.3. The molecule has 1 aromatic carbocycles. The molecule has 0 N–H and O–H groups in total.